The number of aliphatic imine (C=N–C) groups is 2. The van der Waals surface area contributed by atoms with Gasteiger partial charge < -0.3 is 0 Å². The second-order valence-electron chi connectivity index (χ2n) is 5.86. The quantitative estimate of drug-likeness (QED) is 0.557. The van der Waals surface area contributed by atoms with Gasteiger partial charge in [-0.25, -0.2) is 4.39 Å². The molecule has 0 aliphatic carbocycles. The predicted octanol–water partition coefficient (Wildman–Crippen LogP) is 5.72. The van der Waals surface area contributed by atoms with Gasteiger partial charge in [0.15, 0.2) is 5.78 Å². The van der Waals surface area contributed by atoms with Crippen LogP contribution >= 0.6 is 0 Å². The lowest BCUT2D eigenvalue weighted by Gasteiger charge is -2.17. The summed E-state index contributed by atoms with van der Waals surface area (Å²) < 4.78 is 14.5. The fourth-order valence-electron chi connectivity index (χ4n) is 2.66. The Morgan fingerprint density at radius 1 is 1.32 bits per heavy atom. The summed E-state index contributed by atoms with van der Waals surface area (Å²) in [6.07, 6.45) is 7.57. The van der Waals surface area contributed by atoms with E-state index in [1.807, 2.05) is 40.7 Å². The molecule has 0 aliphatic heterocycles. The van der Waals surface area contributed by atoms with Crippen molar-refractivity contribution in [3.05, 3.63) is 53.6 Å². The van der Waals surface area contributed by atoms with Crippen molar-refractivity contribution in [2.24, 2.45) is 9.98 Å². The molecule has 1 unspecified atom stereocenters. The predicted molar refractivity (Wildman–Crippen MR) is 105 cm³/mol. The lowest BCUT2D eigenvalue weighted by atomic mass is 9.87. The molecule has 0 aromatic heterocycles. The van der Waals surface area contributed by atoms with Crippen LogP contribution in [0.3, 0.4) is 0 Å². The van der Waals surface area contributed by atoms with Crippen LogP contribution in [0.2, 0.25) is 0 Å². The molecule has 0 spiro atoms. The highest BCUT2D eigenvalue weighted by Gasteiger charge is 2.21. The highest BCUT2D eigenvalue weighted by Crippen LogP contribution is 2.30. The van der Waals surface area contributed by atoms with Crippen molar-refractivity contribution in [2.45, 2.75) is 53.4 Å². The largest absolute Gasteiger partial charge is 0.293 e. The first-order chi connectivity index (χ1) is 12.0. The van der Waals surface area contributed by atoms with E-state index in [-0.39, 0.29) is 23.9 Å². The molecule has 0 aliphatic rings. The van der Waals surface area contributed by atoms with Crippen molar-refractivity contribution < 1.29 is 9.18 Å². The number of nitrogens with zero attached hydrogens (tertiary/aromatic N) is 2. The van der Waals surface area contributed by atoms with Crippen molar-refractivity contribution in [2.75, 3.05) is 0 Å². The molecule has 0 fully saturated rings. The summed E-state index contributed by atoms with van der Waals surface area (Å²) in [5.74, 6) is -0.593. The number of ketones is 1. The monoisotopic (exact) mass is 342 g/mol. The average Bonchev–Trinajstić information content (AvgIpc) is 2.59. The molecular weight excluding hydrogens is 315 g/mol. The minimum absolute atomic E-state index is 0.0458. The van der Waals surface area contributed by atoms with Gasteiger partial charge in [0.25, 0.3) is 0 Å². The highest BCUT2D eigenvalue weighted by atomic mass is 19.1. The lowest BCUT2D eigenvalue weighted by molar-refractivity contribution is -0.113. The number of halogens is 1. The third kappa shape index (κ3) is 5.89. The first-order valence-electron chi connectivity index (χ1n) is 8.60. The summed E-state index contributed by atoms with van der Waals surface area (Å²) in [4.78, 5) is 20.8. The number of carbonyl (C=O) groups is 1. The zero-order chi connectivity index (χ0) is 18.8. The summed E-state index contributed by atoms with van der Waals surface area (Å²) in [5.41, 5.74) is 2.72. The minimum Gasteiger partial charge on any atom is -0.293 e. The summed E-state index contributed by atoms with van der Waals surface area (Å²) in [6.45, 7) is 9.34. The molecule has 0 heterocycles. The Morgan fingerprint density at radius 3 is 2.64 bits per heavy atom. The van der Waals surface area contributed by atoms with Crippen LogP contribution in [-0.4, -0.2) is 17.7 Å². The fraction of sp³-hybridized carbons (Fsp3) is 0.381. The Kier molecular flexibility index (Phi) is 8.68. The Hall–Kier alpha value is -2.36. The van der Waals surface area contributed by atoms with Crippen molar-refractivity contribution in [1.82, 2.24) is 0 Å². The van der Waals surface area contributed by atoms with E-state index in [2.05, 4.69) is 9.98 Å². The third-order valence-corrected chi connectivity index (χ3v) is 3.92. The van der Waals surface area contributed by atoms with Gasteiger partial charge in [-0.2, -0.15) is 0 Å². The SMILES string of the molecule is C/C=C\N=C(/CC)C(=O)CC(C)c1c(F)cccc1/C(C)=C/N=C\C. The van der Waals surface area contributed by atoms with Crippen LogP contribution < -0.4 is 0 Å². The van der Waals surface area contributed by atoms with Gasteiger partial charge >= 0.3 is 0 Å². The van der Waals surface area contributed by atoms with E-state index < -0.39 is 0 Å². The number of Topliss-reactive ketones (excluding diaryl/α,β-unsaturated/α-hetero) is 1. The van der Waals surface area contributed by atoms with Crippen LogP contribution in [0, 0.1) is 5.82 Å². The van der Waals surface area contributed by atoms with E-state index in [0.717, 1.165) is 11.1 Å². The Morgan fingerprint density at radius 2 is 2.04 bits per heavy atom. The summed E-state index contributed by atoms with van der Waals surface area (Å²) in [7, 11) is 0. The molecule has 1 atom stereocenters. The van der Waals surface area contributed by atoms with E-state index in [9.17, 15) is 9.18 Å². The molecule has 0 saturated carbocycles. The normalized spacial score (nSPS) is 14.5. The van der Waals surface area contributed by atoms with Gasteiger partial charge in [-0.15, -0.1) is 0 Å². The molecule has 1 rings (SSSR count). The van der Waals surface area contributed by atoms with Crippen molar-refractivity contribution in [3.8, 4) is 0 Å². The molecule has 25 heavy (non-hydrogen) atoms. The number of allylic oxidation sites excluding steroid dienone is 2. The van der Waals surface area contributed by atoms with Crippen LogP contribution in [-0.2, 0) is 4.79 Å². The summed E-state index contributed by atoms with van der Waals surface area (Å²) in [5, 5.41) is 0. The zero-order valence-corrected chi connectivity index (χ0v) is 15.7. The maximum Gasteiger partial charge on any atom is 0.177 e. The second kappa shape index (κ2) is 10.5. The first-order valence-corrected chi connectivity index (χ1v) is 8.60. The molecule has 3 nitrogen and oxygen atoms in total. The molecule has 1 aromatic carbocycles. The van der Waals surface area contributed by atoms with Crippen LogP contribution in [0.5, 0.6) is 0 Å². The van der Waals surface area contributed by atoms with Gasteiger partial charge in [0, 0.05) is 25.0 Å². The Bertz CT molecular complexity index is 715. The van der Waals surface area contributed by atoms with E-state index >= 15 is 0 Å². The van der Waals surface area contributed by atoms with Crippen LogP contribution in [0.4, 0.5) is 4.39 Å². The molecule has 0 radical (unpaired) electrons. The number of hydrogen-bond acceptors (Lipinski definition) is 3. The van der Waals surface area contributed by atoms with E-state index in [4.69, 9.17) is 0 Å². The van der Waals surface area contributed by atoms with Gasteiger partial charge in [0.05, 0.1) is 5.71 Å². The maximum atomic E-state index is 14.5. The highest BCUT2D eigenvalue weighted by molar-refractivity contribution is 6.40. The number of rotatable bonds is 8. The number of carbonyl (C=O) groups excluding carboxylic acids is 1. The average molecular weight is 342 g/mol. The molecule has 0 saturated heterocycles. The van der Waals surface area contributed by atoms with E-state index in [1.165, 1.54) is 6.07 Å². The lowest BCUT2D eigenvalue weighted by Crippen LogP contribution is -2.16. The molecule has 0 N–H and O–H groups in total. The molecule has 134 valence electrons. The maximum absolute atomic E-state index is 14.5. The van der Waals surface area contributed by atoms with Crippen molar-refractivity contribution in [3.63, 3.8) is 0 Å². The van der Waals surface area contributed by atoms with Gasteiger partial charge in [0.2, 0.25) is 0 Å². The number of hydrogen-bond donors (Lipinski definition) is 0. The Balaban J connectivity index is 3.17. The standard InChI is InChI=1S/C21H27FN2O/c1-6-12-24-19(7-2)20(25)13-15(4)21-17(10-9-11-18(21)22)16(5)14-23-8-3/h6,8-12,14-15H,7,13H2,1-5H3/b12-6-,16-14+,23-8-,24-19+. The molecule has 1 aromatic rings. The molecular formula is C21H27FN2O. The second-order valence-corrected chi connectivity index (χ2v) is 5.86. The van der Waals surface area contributed by atoms with Gasteiger partial charge in [-0.05, 0) is 55.9 Å². The first kappa shape index (κ1) is 20.7. The van der Waals surface area contributed by atoms with Crippen LogP contribution in [0.15, 0.2) is 46.7 Å². The minimum atomic E-state index is -0.297. The molecule has 0 bridgehead atoms. The molecule has 0 amide bonds. The zero-order valence-electron chi connectivity index (χ0n) is 15.7. The third-order valence-electron chi connectivity index (χ3n) is 3.92. The van der Waals surface area contributed by atoms with Gasteiger partial charge in [-0.3, -0.25) is 14.8 Å². The summed E-state index contributed by atoms with van der Waals surface area (Å²) in [6, 6.07) is 4.98. The van der Waals surface area contributed by atoms with Crippen LogP contribution in [0.1, 0.15) is 64.5 Å². The topological polar surface area (TPSA) is 41.8 Å². The van der Waals surface area contributed by atoms with Crippen LogP contribution in [0.25, 0.3) is 5.57 Å². The Labute approximate surface area is 150 Å². The van der Waals surface area contributed by atoms with Crippen molar-refractivity contribution >= 4 is 23.3 Å². The van der Waals surface area contributed by atoms with Crippen molar-refractivity contribution in [1.29, 1.82) is 0 Å². The number of benzene rings is 1. The van der Waals surface area contributed by atoms with Gasteiger partial charge in [0.1, 0.15) is 5.82 Å². The molecule has 4 heteroatoms. The fourth-order valence-corrected chi connectivity index (χ4v) is 2.66. The van der Waals surface area contributed by atoms with E-state index in [0.29, 0.717) is 17.7 Å². The smallest absolute Gasteiger partial charge is 0.177 e. The van der Waals surface area contributed by atoms with E-state index in [1.54, 1.807) is 30.8 Å². The summed E-state index contributed by atoms with van der Waals surface area (Å²) >= 11 is 0. The van der Waals surface area contributed by atoms with Gasteiger partial charge in [-0.1, -0.05) is 32.1 Å².